The monoisotopic (exact) mass is 226 g/mol. The zero-order chi connectivity index (χ0) is 11.2. The van der Waals surface area contributed by atoms with Gasteiger partial charge in [0.1, 0.15) is 5.78 Å². The molecule has 0 radical (unpaired) electrons. The molecule has 0 spiro atoms. The SMILES string of the molecule is O=C(CCC1CCCO1)CC1CCCCO1. The van der Waals surface area contributed by atoms with E-state index in [-0.39, 0.29) is 6.10 Å². The molecule has 0 N–H and O–H groups in total. The average molecular weight is 226 g/mol. The van der Waals surface area contributed by atoms with Crippen LogP contribution in [0.2, 0.25) is 0 Å². The molecule has 2 aliphatic heterocycles. The fourth-order valence-electron chi connectivity index (χ4n) is 2.52. The highest BCUT2D eigenvalue weighted by molar-refractivity contribution is 5.78. The molecule has 2 aliphatic rings. The Morgan fingerprint density at radius 3 is 2.44 bits per heavy atom. The molecule has 2 rings (SSSR count). The molecule has 0 bridgehead atoms. The summed E-state index contributed by atoms with van der Waals surface area (Å²) in [5.41, 5.74) is 0. The van der Waals surface area contributed by atoms with Crippen molar-refractivity contribution >= 4 is 5.78 Å². The fourth-order valence-corrected chi connectivity index (χ4v) is 2.52. The molecule has 2 fully saturated rings. The van der Waals surface area contributed by atoms with E-state index >= 15 is 0 Å². The van der Waals surface area contributed by atoms with Crippen LogP contribution in [0.1, 0.15) is 51.4 Å². The Balaban J connectivity index is 1.59. The van der Waals surface area contributed by atoms with Gasteiger partial charge in [-0.15, -0.1) is 0 Å². The van der Waals surface area contributed by atoms with Crippen molar-refractivity contribution < 1.29 is 14.3 Å². The second-order valence-electron chi connectivity index (χ2n) is 4.91. The standard InChI is InChI=1S/C13H22O3/c14-11(6-7-12-5-3-9-15-12)10-13-4-1-2-8-16-13/h12-13H,1-10H2. The highest BCUT2D eigenvalue weighted by Gasteiger charge is 2.20. The lowest BCUT2D eigenvalue weighted by Gasteiger charge is -2.21. The van der Waals surface area contributed by atoms with Gasteiger partial charge in [-0.3, -0.25) is 4.79 Å². The normalized spacial score (nSPS) is 30.5. The highest BCUT2D eigenvalue weighted by atomic mass is 16.5. The molecule has 2 unspecified atom stereocenters. The largest absolute Gasteiger partial charge is 0.378 e. The summed E-state index contributed by atoms with van der Waals surface area (Å²) in [6.07, 6.45) is 8.46. The van der Waals surface area contributed by atoms with Crippen LogP contribution in [0.3, 0.4) is 0 Å². The first-order chi connectivity index (χ1) is 7.84. The summed E-state index contributed by atoms with van der Waals surface area (Å²) in [5, 5.41) is 0. The molecule has 3 heteroatoms. The van der Waals surface area contributed by atoms with Gasteiger partial charge in [0.2, 0.25) is 0 Å². The third-order valence-electron chi connectivity index (χ3n) is 3.50. The highest BCUT2D eigenvalue weighted by Crippen LogP contribution is 2.20. The van der Waals surface area contributed by atoms with Crippen LogP contribution in [0.4, 0.5) is 0 Å². The molecule has 0 aromatic carbocycles. The quantitative estimate of drug-likeness (QED) is 0.722. The summed E-state index contributed by atoms with van der Waals surface area (Å²) in [6.45, 7) is 1.72. The van der Waals surface area contributed by atoms with E-state index in [0.29, 0.717) is 24.7 Å². The van der Waals surface area contributed by atoms with Gasteiger partial charge in [0.05, 0.1) is 12.2 Å². The summed E-state index contributed by atoms with van der Waals surface area (Å²) in [7, 11) is 0. The van der Waals surface area contributed by atoms with Gasteiger partial charge in [-0.2, -0.15) is 0 Å². The number of rotatable bonds is 5. The maximum Gasteiger partial charge on any atom is 0.135 e. The van der Waals surface area contributed by atoms with Crippen LogP contribution in [0.15, 0.2) is 0 Å². The van der Waals surface area contributed by atoms with Crippen molar-refractivity contribution in [3.05, 3.63) is 0 Å². The first-order valence-electron chi connectivity index (χ1n) is 6.59. The zero-order valence-electron chi connectivity index (χ0n) is 9.95. The summed E-state index contributed by atoms with van der Waals surface area (Å²) < 4.78 is 11.1. The minimum absolute atomic E-state index is 0.200. The Bertz CT molecular complexity index is 215. The van der Waals surface area contributed by atoms with E-state index in [2.05, 4.69) is 0 Å². The Morgan fingerprint density at radius 1 is 1.00 bits per heavy atom. The molecule has 0 aromatic rings. The van der Waals surface area contributed by atoms with Crippen molar-refractivity contribution in [2.45, 2.75) is 63.6 Å². The number of hydrogen-bond acceptors (Lipinski definition) is 3. The van der Waals surface area contributed by atoms with Gasteiger partial charge < -0.3 is 9.47 Å². The lowest BCUT2D eigenvalue weighted by atomic mass is 10.0. The summed E-state index contributed by atoms with van der Waals surface area (Å²) in [4.78, 5) is 11.7. The Morgan fingerprint density at radius 2 is 1.75 bits per heavy atom. The number of carbonyl (C=O) groups is 1. The van der Waals surface area contributed by atoms with Gasteiger partial charge in [0.15, 0.2) is 0 Å². The van der Waals surface area contributed by atoms with Gasteiger partial charge in [0.25, 0.3) is 0 Å². The van der Waals surface area contributed by atoms with E-state index in [1.807, 2.05) is 0 Å². The van der Waals surface area contributed by atoms with Gasteiger partial charge in [-0.1, -0.05) is 0 Å². The van der Waals surface area contributed by atoms with E-state index in [1.165, 1.54) is 6.42 Å². The number of carbonyl (C=O) groups excluding carboxylic acids is 1. The summed E-state index contributed by atoms with van der Waals surface area (Å²) in [5.74, 6) is 0.349. The third kappa shape index (κ3) is 3.87. The molecule has 0 aromatic heterocycles. The first kappa shape index (κ1) is 12.1. The predicted molar refractivity (Wildman–Crippen MR) is 61.4 cm³/mol. The number of hydrogen-bond donors (Lipinski definition) is 0. The summed E-state index contributed by atoms with van der Waals surface area (Å²) in [6, 6.07) is 0. The van der Waals surface area contributed by atoms with Gasteiger partial charge in [-0.25, -0.2) is 0 Å². The molecule has 0 aliphatic carbocycles. The average Bonchev–Trinajstić information content (AvgIpc) is 2.81. The van der Waals surface area contributed by atoms with Crippen molar-refractivity contribution in [1.82, 2.24) is 0 Å². The van der Waals surface area contributed by atoms with E-state index in [0.717, 1.165) is 45.3 Å². The van der Waals surface area contributed by atoms with Gasteiger partial charge in [-0.05, 0) is 38.5 Å². The minimum Gasteiger partial charge on any atom is -0.378 e. The van der Waals surface area contributed by atoms with Crippen LogP contribution < -0.4 is 0 Å². The van der Waals surface area contributed by atoms with Crippen LogP contribution in [0.5, 0.6) is 0 Å². The van der Waals surface area contributed by atoms with Crippen molar-refractivity contribution in [1.29, 1.82) is 0 Å². The van der Waals surface area contributed by atoms with Crippen molar-refractivity contribution in [3.8, 4) is 0 Å². The lowest BCUT2D eigenvalue weighted by molar-refractivity contribution is -0.123. The molecule has 3 nitrogen and oxygen atoms in total. The van der Waals surface area contributed by atoms with Gasteiger partial charge >= 0.3 is 0 Å². The molecule has 0 saturated carbocycles. The van der Waals surface area contributed by atoms with Crippen molar-refractivity contribution in [2.24, 2.45) is 0 Å². The van der Waals surface area contributed by atoms with Crippen LogP contribution in [-0.2, 0) is 14.3 Å². The predicted octanol–water partition coefficient (Wildman–Crippen LogP) is 2.47. The Hall–Kier alpha value is -0.410. The first-order valence-corrected chi connectivity index (χ1v) is 6.59. The molecule has 92 valence electrons. The Kier molecular flexibility index (Phi) is 4.79. The molecular weight excluding hydrogens is 204 g/mol. The maximum atomic E-state index is 11.7. The molecule has 2 saturated heterocycles. The van der Waals surface area contributed by atoms with Crippen LogP contribution in [0, 0.1) is 0 Å². The number of ether oxygens (including phenoxy) is 2. The van der Waals surface area contributed by atoms with Gasteiger partial charge in [0, 0.05) is 26.1 Å². The van der Waals surface area contributed by atoms with Crippen LogP contribution in [0.25, 0.3) is 0 Å². The van der Waals surface area contributed by atoms with E-state index in [4.69, 9.17) is 9.47 Å². The molecule has 2 heterocycles. The summed E-state index contributed by atoms with van der Waals surface area (Å²) >= 11 is 0. The minimum atomic E-state index is 0.200. The fraction of sp³-hybridized carbons (Fsp3) is 0.923. The van der Waals surface area contributed by atoms with Crippen LogP contribution >= 0.6 is 0 Å². The molecular formula is C13H22O3. The second-order valence-corrected chi connectivity index (χ2v) is 4.91. The van der Waals surface area contributed by atoms with Crippen molar-refractivity contribution in [2.75, 3.05) is 13.2 Å². The molecule has 16 heavy (non-hydrogen) atoms. The second kappa shape index (κ2) is 6.36. The number of ketones is 1. The van der Waals surface area contributed by atoms with E-state index in [1.54, 1.807) is 0 Å². The van der Waals surface area contributed by atoms with Crippen molar-refractivity contribution in [3.63, 3.8) is 0 Å². The lowest BCUT2D eigenvalue weighted by Crippen LogP contribution is -2.22. The third-order valence-corrected chi connectivity index (χ3v) is 3.50. The zero-order valence-corrected chi connectivity index (χ0v) is 9.95. The topological polar surface area (TPSA) is 35.5 Å². The Labute approximate surface area is 97.5 Å². The van der Waals surface area contributed by atoms with E-state index < -0.39 is 0 Å². The maximum absolute atomic E-state index is 11.7. The number of Topliss-reactive ketones (excluding diaryl/α,β-unsaturated/α-hetero) is 1. The molecule has 2 atom stereocenters. The molecule has 0 amide bonds. The van der Waals surface area contributed by atoms with Crippen LogP contribution in [-0.4, -0.2) is 31.2 Å². The smallest absolute Gasteiger partial charge is 0.135 e. The van der Waals surface area contributed by atoms with E-state index in [9.17, 15) is 4.79 Å².